The molecule has 0 heterocycles. The summed E-state index contributed by atoms with van der Waals surface area (Å²) < 4.78 is 0. The molecule has 0 N–H and O–H groups in total. The third kappa shape index (κ3) is 8.87. The molecule has 0 radical (unpaired) electrons. The van der Waals surface area contributed by atoms with Crippen LogP contribution in [0.5, 0.6) is 0 Å². The van der Waals surface area contributed by atoms with Gasteiger partial charge in [-0.25, -0.2) is 0 Å². The molecule has 0 spiro atoms. The van der Waals surface area contributed by atoms with Gasteiger partial charge in [-0.1, -0.05) is 0 Å². The fraction of sp³-hybridized carbons (Fsp3) is 0. The fourth-order valence-corrected chi connectivity index (χ4v) is 0. The van der Waals surface area contributed by atoms with E-state index in [1.54, 1.807) is 0 Å². The van der Waals surface area contributed by atoms with E-state index in [0.717, 1.165) is 0 Å². The molecule has 4 heteroatoms. The van der Waals surface area contributed by atoms with Gasteiger partial charge in [0.1, 0.15) is 0 Å². The summed E-state index contributed by atoms with van der Waals surface area (Å²) >= 11 is 3.77. The predicted octanol–water partition coefficient (Wildman–Crippen LogP) is -1.72. The van der Waals surface area contributed by atoms with Crippen LogP contribution >= 0.6 is 10.6 Å². The van der Waals surface area contributed by atoms with Gasteiger partial charge in [-0.15, -0.1) is 0 Å². The first kappa shape index (κ1) is 16.3. The first-order valence-corrected chi connectivity index (χ1v) is 1.52. The van der Waals surface area contributed by atoms with Crippen molar-refractivity contribution in [1.29, 1.82) is 0 Å². The van der Waals surface area contributed by atoms with E-state index in [4.69, 9.17) is 0 Å². The van der Waals surface area contributed by atoms with Crippen LogP contribution in [0.1, 0.15) is 0 Å². The van der Waals surface area contributed by atoms with Crippen LogP contribution in [0, 0.1) is 0 Å². The molecule has 0 bridgehead atoms. The van der Waals surface area contributed by atoms with Gasteiger partial charge in [-0.05, 0) is 0 Å². The van der Waals surface area contributed by atoms with Gasteiger partial charge in [0.2, 0.25) is 0 Å². The molecular formula is H6CuGaInS. The van der Waals surface area contributed by atoms with Gasteiger partial charge in [0.05, 0.1) is 0 Å². The molecule has 0 saturated heterocycles. The van der Waals surface area contributed by atoms with Crippen molar-refractivity contribution >= 4 is 56.2 Å². The Balaban J connectivity index is -0.00000000500. The van der Waals surface area contributed by atoms with E-state index >= 15 is 0 Å². The number of hydrogen-bond acceptors (Lipinski definition) is 1. The minimum atomic E-state index is 0. The minimum absolute atomic E-state index is 0. The molecule has 0 rings (SSSR count). The van der Waals surface area contributed by atoms with Gasteiger partial charge in [-0.3, -0.25) is 0 Å². The van der Waals surface area contributed by atoms with Crippen molar-refractivity contribution in [2.45, 2.75) is 0 Å². The van der Waals surface area contributed by atoms with Gasteiger partial charge in [-0.2, -0.15) is 0 Å². The zero-order valence-electron chi connectivity index (χ0n) is 0.710. The third-order valence-corrected chi connectivity index (χ3v) is 0. The van der Waals surface area contributed by atoms with E-state index in [1.165, 1.54) is 0 Å². The molecular weight excluding hydrogens is 280 g/mol. The molecule has 4 heavy (non-hydrogen) atoms. The summed E-state index contributed by atoms with van der Waals surface area (Å²) in [5.41, 5.74) is 0. The molecule has 0 unspecified atom stereocenters. The molecule has 0 aromatic carbocycles. The van der Waals surface area contributed by atoms with Crippen molar-refractivity contribution in [1.82, 2.24) is 0 Å². The topological polar surface area (TPSA) is 0 Å². The van der Waals surface area contributed by atoms with Crippen LogP contribution in [-0.2, 0) is 14.4 Å². The average Bonchev–Trinajstić information content (AvgIpc) is 1.00. The van der Waals surface area contributed by atoms with Crippen LogP contribution in [-0.4, -0.2) is 45.6 Å². The van der Waals surface area contributed by atoms with Gasteiger partial charge in [0.15, 0.2) is 0 Å². The molecule has 0 atom stereocenters. The normalized spacial score (nSPS) is 1.50. The van der Waals surface area contributed by atoms with Crippen LogP contribution in [0.15, 0.2) is 0 Å². The van der Waals surface area contributed by atoms with Gasteiger partial charge < -0.3 is 0 Å². The fourth-order valence-electron chi connectivity index (χ4n) is 0. The molecule has 0 aliphatic rings. The Morgan fingerprint density at radius 3 is 1.25 bits per heavy atom. The SMILES string of the molecule is [GaH3].[InH3].[S]=[Cu]. The van der Waals surface area contributed by atoms with Crippen molar-refractivity contribution < 1.29 is 14.4 Å². The van der Waals surface area contributed by atoms with Crippen LogP contribution in [0.4, 0.5) is 0 Å². The van der Waals surface area contributed by atoms with Crippen molar-refractivity contribution in [2.75, 3.05) is 0 Å². The van der Waals surface area contributed by atoms with Crippen molar-refractivity contribution in [3.05, 3.63) is 0 Å². The van der Waals surface area contributed by atoms with E-state index in [1.807, 2.05) is 0 Å². The van der Waals surface area contributed by atoms with Crippen LogP contribution in [0.3, 0.4) is 0 Å². The van der Waals surface area contributed by atoms with Crippen LogP contribution in [0.25, 0.3) is 0 Å². The van der Waals surface area contributed by atoms with Crippen molar-refractivity contribution in [3.63, 3.8) is 0 Å². The van der Waals surface area contributed by atoms with E-state index in [0.29, 0.717) is 0 Å². The van der Waals surface area contributed by atoms with E-state index in [-0.39, 0.29) is 45.6 Å². The molecule has 0 aromatic heterocycles. The first-order chi connectivity index (χ1) is 1.00. The van der Waals surface area contributed by atoms with Gasteiger partial charge in [0.25, 0.3) is 0 Å². The summed E-state index contributed by atoms with van der Waals surface area (Å²) in [6.45, 7) is 0. The monoisotopic (exact) mass is 285 g/mol. The second-order valence-electron chi connectivity index (χ2n) is 0. The molecule has 0 nitrogen and oxygen atoms in total. The second kappa shape index (κ2) is 18.7. The van der Waals surface area contributed by atoms with Crippen molar-refractivity contribution in [2.24, 2.45) is 0 Å². The molecule has 0 aromatic rings. The molecule has 0 saturated carbocycles. The summed E-state index contributed by atoms with van der Waals surface area (Å²) in [5.74, 6) is 0. The summed E-state index contributed by atoms with van der Waals surface area (Å²) in [6, 6.07) is 0. The number of hydrogen-bond donors (Lipinski definition) is 0. The Bertz CT molecular complexity index is 8.00. The van der Waals surface area contributed by atoms with E-state index in [2.05, 4.69) is 24.9 Å². The van der Waals surface area contributed by atoms with Crippen LogP contribution < -0.4 is 0 Å². The van der Waals surface area contributed by atoms with Crippen molar-refractivity contribution in [3.8, 4) is 0 Å². The maximum absolute atomic E-state index is 3.77. The van der Waals surface area contributed by atoms with Crippen LogP contribution in [0.2, 0.25) is 0 Å². The Morgan fingerprint density at radius 2 is 1.25 bits per heavy atom. The molecule has 29 valence electrons. The average molecular weight is 286 g/mol. The quantitative estimate of drug-likeness (QED) is 0.477. The Labute approximate surface area is 69.6 Å². The molecule has 0 aliphatic carbocycles. The Morgan fingerprint density at radius 1 is 1.25 bits per heavy atom. The zero-order valence-corrected chi connectivity index (χ0v) is 2.47. The molecule has 0 fully saturated rings. The second-order valence-corrected chi connectivity index (χ2v) is 0. The first-order valence-electron chi connectivity index (χ1n) is 0.123. The Hall–Kier alpha value is 2.25. The molecule has 0 amide bonds. The summed E-state index contributed by atoms with van der Waals surface area (Å²) in [6.07, 6.45) is 0. The summed E-state index contributed by atoms with van der Waals surface area (Å²) in [4.78, 5) is 0. The van der Waals surface area contributed by atoms with E-state index in [9.17, 15) is 0 Å². The van der Waals surface area contributed by atoms with Gasteiger partial charge in [0, 0.05) is 0 Å². The molecule has 0 aliphatic heterocycles. The summed E-state index contributed by atoms with van der Waals surface area (Å²) in [5, 5.41) is 0. The predicted molar refractivity (Wildman–Crippen MR) is 27.5 cm³/mol. The standard InChI is InChI=1S/Cu.Ga.In.S.6H. The maximum atomic E-state index is 3.77. The number of rotatable bonds is 0. The summed E-state index contributed by atoms with van der Waals surface area (Å²) in [7, 11) is 3.65. The third-order valence-electron chi connectivity index (χ3n) is 0. The Kier molecular flexibility index (Phi) is 76.5. The van der Waals surface area contributed by atoms with Gasteiger partial charge >= 0.3 is 70.6 Å². The van der Waals surface area contributed by atoms with E-state index < -0.39 is 0 Å². The zero-order chi connectivity index (χ0) is 2.00.